The number of carbonyl (C=O) groups excluding carboxylic acids is 2. The van der Waals surface area contributed by atoms with Crippen LogP contribution in [0.4, 0.5) is 4.79 Å². The molecular weight excluding hydrogens is 262 g/mol. The highest BCUT2D eigenvalue weighted by molar-refractivity contribution is 5.78. The molecular formula is C13H23N3O4. The summed E-state index contributed by atoms with van der Waals surface area (Å²) in [6.07, 6.45) is 2.65. The Morgan fingerprint density at radius 2 is 1.90 bits per heavy atom. The number of amides is 3. The van der Waals surface area contributed by atoms with Gasteiger partial charge in [-0.1, -0.05) is 6.42 Å². The zero-order valence-corrected chi connectivity index (χ0v) is 12.0. The molecule has 0 aromatic heterocycles. The summed E-state index contributed by atoms with van der Waals surface area (Å²) >= 11 is 0. The molecule has 1 fully saturated rings. The molecule has 0 saturated heterocycles. The second-order valence-corrected chi connectivity index (χ2v) is 5.31. The molecule has 114 valence electrons. The smallest absolute Gasteiger partial charge is 0.314 e. The standard InChI is InChI=1S/C13H23N3O4/c1-16(2)11(17)6-7-14-13(20)15-8-9-4-3-5-10(9)12(18)19/h9-10H,3-8H2,1-2H3,(H,18,19)(H2,14,15,20). The highest BCUT2D eigenvalue weighted by Gasteiger charge is 2.32. The van der Waals surface area contributed by atoms with Gasteiger partial charge in [0.2, 0.25) is 5.91 Å². The summed E-state index contributed by atoms with van der Waals surface area (Å²) in [6, 6.07) is -0.354. The van der Waals surface area contributed by atoms with Gasteiger partial charge in [0, 0.05) is 33.6 Å². The van der Waals surface area contributed by atoms with Crippen molar-refractivity contribution < 1.29 is 19.5 Å². The van der Waals surface area contributed by atoms with Crippen LogP contribution in [0.15, 0.2) is 0 Å². The summed E-state index contributed by atoms with van der Waals surface area (Å²) < 4.78 is 0. The van der Waals surface area contributed by atoms with Gasteiger partial charge in [0.05, 0.1) is 5.92 Å². The van der Waals surface area contributed by atoms with E-state index in [1.807, 2.05) is 0 Å². The summed E-state index contributed by atoms with van der Waals surface area (Å²) in [5.41, 5.74) is 0. The minimum Gasteiger partial charge on any atom is -0.481 e. The molecule has 7 nitrogen and oxygen atoms in total. The first-order valence-electron chi connectivity index (χ1n) is 6.86. The number of carboxylic acids is 1. The average Bonchev–Trinajstić information content (AvgIpc) is 2.84. The Hall–Kier alpha value is -1.79. The maximum Gasteiger partial charge on any atom is 0.314 e. The van der Waals surface area contributed by atoms with Crippen LogP contribution in [0.1, 0.15) is 25.7 Å². The predicted octanol–water partition coefficient (Wildman–Crippen LogP) is 0.265. The van der Waals surface area contributed by atoms with E-state index < -0.39 is 5.97 Å². The molecule has 20 heavy (non-hydrogen) atoms. The summed E-state index contributed by atoms with van der Waals surface area (Å²) in [7, 11) is 3.32. The monoisotopic (exact) mass is 285 g/mol. The lowest BCUT2D eigenvalue weighted by Crippen LogP contribution is -2.41. The van der Waals surface area contributed by atoms with Gasteiger partial charge in [0.15, 0.2) is 0 Å². The van der Waals surface area contributed by atoms with Crippen molar-refractivity contribution in [2.45, 2.75) is 25.7 Å². The molecule has 0 radical (unpaired) electrons. The molecule has 0 heterocycles. The SMILES string of the molecule is CN(C)C(=O)CCNC(=O)NCC1CCCC1C(=O)O. The number of carbonyl (C=O) groups is 3. The Morgan fingerprint density at radius 3 is 2.50 bits per heavy atom. The highest BCUT2D eigenvalue weighted by atomic mass is 16.4. The normalized spacial score (nSPS) is 21.3. The van der Waals surface area contributed by atoms with Gasteiger partial charge in [0.1, 0.15) is 0 Å². The first-order chi connectivity index (χ1) is 9.41. The second kappa shape index (κ2) is 7.72. The van der Waals surface area contributed by atoms with Gasteiger partial charge in [-0.3, -0.25) is 9.59 Å². The van der Waals surface area contributed by atoms with E-state index in [1.54, 1.807) is 14.1 Å². The number of hydrogen-bond acceptors (Lipinski definition) is 3. The number of hydrogen-bond donors (Lipinski definition) is 3. The van der Waals surface area contributed by atoms with Crippen molar-refractivity contribution in [3.05, 3.63) is 0 Å². The minimum absolute atomic E-state index is 0.00153. The summed E-state index contributed by atoms with van der Waals surface area (Å²) in [6.45, 7) is 0.639. The molecule has 0 aromatic carbocycles. The Labute approximate surface area is 118 Å². The van der Waals surface area contributed by atoms with Crippen LogP contribution in [0, 0.1) is 11.8 Å². The number of rotatable bonds is 6. The first-order valence-corrected chi connectivity index (χ1v) is 6.86. The molecule has 2 unspecified atom stereocenters. The molecule has 3 amide bonds. The van der Waals surface area contributed by atoms with Gasteiger partial charge in [-0.2, -0.15) is 0 Å². The molecule has 0 aromatic rings. The summed E-state index contributed by atoms with van der Waals surface area (Å²) in [5.74, 6) is -1.19. The van der Waals surface area contributed by atoms with Crippen LogP contribution < -0.4 is 10.6 Å². The van der Waals surface area contributed by atoms with E-state index in [-0.39, 0.29) is 36.7 Å². The Bertz CT molecular complexity index is 371. The van der Waals surface area contributed by atoms with Crippen LogP contribution in [0.5, 0.6) is 0 Å². The van der Waals surface area contributed by atoms with E-state index in [4.69, 9.17) is 5.11 Å². The quantitative estimate of drug-likeness (QED) is 0.652. The lowest BCUT2D eigenvalue weighted by atomic mass is 9.96. The molecule has 0 aliphatic heterocycles. The first kappa shape index (κ1) is 16.3. The topological polar surface area (TPSA) is 98.7 Å². The van der Waals surface area contributed by atoms with Crippen molar-refractivity contribution in [3.8, 4) is 0 Å². The number of aliphatic carboxylic acids is 1. The van der Waals surface area contributed by atoms with Crippen molar-refractivity contribution in [3.63, 3.8) is 0 Å². The highest BCUT2D eigenvalue weighted by Crippen LogP contribution is 2.31. The summed E-state index contributed by atoms with van der Waals surface area (Å²) in [5, 5.41) is 14.3. The van der Waals surface area contributed by atoms with Crippen LogP contribution >= 0.6 is 0 Å². The van der Waals surface area contributed by atoms with Crippen LogP contribution in [0.25, 0.3) is 0 Å². The van der Waals surface area contributed by atoms with Crippen molar-refractivity contribution in [1.29, 1.82) is 0 Å². The Morgan fingerprint density at radius 1 is 1.20 bits per heavy atom. The number of nitrogens with one attached hydrogen (secondary N) is 2. The summed E-state index contributed by atoms with van der Waals surface area (Å²) in [4.78, 5) is 35.3. The van der Waals surface area contributed by atoms with Crippen molar-refractivity contribution in [2.24, 2.45) is 11.8 Å². The van der Waals surface area contributed by atoms with Gasteiger partial charge in [-0.05, 0) is 18.8 Å². The van der Waals surface area contributed by atoms with Crippen LogP contribution in [0.2, 0.25) is 0 Å². The lowest BCUT2D eigenvalue weighted by molar-refractivity contribution is -0.142. The molecule has 0 bridgehead atoms. The molecule has 1 aliphatic carbocycles. The van der Waals surface area contributed by atoms with Gasteiger partial charge >= 0.3 is 12.0 Å². The Kier molecular flexibility index (Phi) is 6.27. The third-order valence-electron chi connectivity index (χ3n) is 3.62. The van der Waals surface area contributed by atoms with Gasteiger partial charge in [0.25, 0.3) is 0 Å². The van der Waals surface area contributed by atoms with E-state index in [0.717, 1.165) is 12.8 Å². The molecule has 3 N–H and O–H groups in total. The largest absolute Gasteiger partial charge is 0.481 e. The number of nitrogens with zero attached hydrogens (tertiary/aromatic N) is 1. The molecule has 1 rings (SSSR count). The maximum absolute atomic E-state index is 11.5. The third-order valence-corrected chi connectivity index (χ3v) is 3.62. The van der Waals surface area contributed by atoms with Gasteiger partial charge in [-0.15, -0.1) is 0 Å². The predicted molar refractivity (Wildman–Crippen MR) is 73.2 cm³/mol. The Balaban J connectivity index is 2.20. The molecule has 7 heteroatoms. The van der Waals surface area contributed by atoms with Gasteiger partial charge < -0.3 is 20.6 Å². The van der Waals surface area contributed by atoms with Crippen molar-refractivity contribution in [2.75, 3.05) is 27.2 Å². The zero-order valence-electron chi connectivity index (χ0n) is 12.0. The zero-order chi connectivity index (χ0) is 15.1. The molecule has 2 atom stereocenters. The van der Waals surface area contributed by atoms with E-state index in [1.165, 1.54) is 4.90 Å². The fraction of sp³-hybridized carbons (Fsp3) is 0.769. The van der Waals surface area contributed by atoms with E-state index in [0.29, 0.717) is 13.0 Å². The van der Waals surface area contributed by atoms with Crippen LogP contribution in [0.3, 0.4) is 0 Å². The fourth-order valence-corrected chi connectivity index (χ4v) is 2.40. The minimum atomic E-state index is -0.786. The average molecular weight is 285 g/mol. The van der Waals surface area contributed by atoms with Crippen LogP contribution in [-0.4, -0.2) is 55.1 Å². The molecule has 1 aliphatic rings. The second-order valence-electron chi connectivity index (χ2n) is 5.31. The molecule has 0 spiro atoms. The van der Waals surface area contributed by atoms with Crippen molar-refractivity contribution in [1.82, 2.24) is 15.5 Å². The van der Waals surface area contributed by atoms with E-state index >= 15 is 0 Å². The van der Waals surface area contributed by atoms with E-state index in [2.05, 4.69) is 10.6 Å². The number of carboxylic acid groups (broad SMARTS) is 1. The van der Waals surface area contributed by atoms with Gasteiger partial charge in [-0.25, -0.2) is 4.79 Å². The third kappa shape index (κ3) is 5.07. The molecule has 1 saturated carbocycles. The van der Waals surface area contributed by atoms with Crippen molar-refractivity contribution >= 4 is 17.9 Å². The van der Waals surface area contributed by atoms with E-state index in [9.17, 15) is 14.4 Å². The fourth-order valence-electron chi connectivity index (χ4n) is 2.40. The van der Waals surface area contributed by atoms with Crippen LogP contribution in [-0.2, 0) is 9.59 Å². The maximum atomic E-state index is 11.5. The number of urea groups is 1. The lowest BCUT2D eigenvalue weighted by Gasteiger charge is -2.16.